The minimum Gasteiger partial charge on any atom is -0.469 e. The molecule has 3 aromatic rings. The molecule has 2 aromatic heterocycles. The van der Waals surface area contributed by atoms with E-state index in [1.165, 1.54) is 19.4 Å². The van der Waals surface area contributed by atoms with Crippen LogP contribution in [-0.2, 0) is 9.53 Å². The third kappa shape index (κ3) is 5.85. The molecule has 0 amide bonds. The summed E-state index contributed by atoms with van der Waals surface area (Å²) in [5.41, 5.74) is 3.85. The number of anilines is 2. The minimum absolute atomic E-state index is 0.0419. The standard InChI is InChI=1S/C26H27F2N5O2/c1-15-10-19(12-21(11-15)32-26-29-9-8-22(33-26)23(27)28)20-13-30-24(31-14-20)16(2)17-4-6-18(7-5-17)25(34)35-3/h8-14,17-18,23H,2,4-7H2,1,3H3,(H,29,32,33)/t17-,18-. The number of esters is 1. The van der Waals surface area contributed by atoms with Crippen LogP contribution in [0.4, 0.5) is 20.4 Å². The molecular formula is C26H27F2N5O2. The molecule has 0 spiro atoms. The van der Waals surface area contributed by atoms with E-state index in [1.54, 1.807) is 12.4 Å². The number of hydrogen-bond acceptors (Lipinski definition) is 7. The van der Waals surface area contributed by atoms with E-state index >= 15 is 0 Å². The van der Waals surface area contributed by atoms with E-state index in [1.807, 2.05) is 25.1 Å². The fraction of sp³-hybridized carbons (Fsp3) is 0.346. The SMILES string of the molecule is C=C(c1ncc(-c2cc(C)cc(Nc3nccc(C(F)F)n3)c2)cn1)[C@H]1CC[C@H](C(=O)OC)CC1. The molecule has 1 aromatic carbocycles. The predicted octanol–water partition coefficient (Wildman–Crippen LogP) is 5.92. The van der Waals surface area contributed by atoms with Gasteiger partial charge < -0.3 is 10.1 Å². The Balaban J connectivity index is 1.46. The van der Waals surface area contributed by atoms with Gasteiger partial charge in [-0.25, -0.2) is 28.7 Å². The van der Waals surface area contributed by atoms with E-state index in [-0.39, 0.29) is 29.4 Å². The number of aromatic nitrogens is 4. The Kier molecular flexibility index (Phi) is 7.43. The number of nitrogens with one attached hydrogen (secondary N) is 1. The van der Waals surface area contributed by atoms with E-state index < -0.39 is 6.43 Å². The van der Waals surface area contributed by atoms with Crippen LogP contribution in [0.15, 0.2) is 49.4 Å². The average molecular weight is 480 g/mol. The maximum absolute atomic E-state index is 13.0. The highest BCUT2D eigenvalue weighted by molar-refractivity contribution is 5.73. The van der Waals surface area contributed by atoms with Gasteiger partial charge in [0.15, 0.2) is 5.82 Å². The molecule has 0 bridgehead atoms. The number of benzene rings is 1. The van der Waals surface area contributed by atoms with Crippen molar-refractivity contribution in [2.45, 2.75) is 39.0 Å². The van der Waals surface area contributed by atoms with Crippen molar-refractivity contribution in [1.29, 1.82) is 0 Å². The van der Waals surface area contributed by atoms with Gasteiger partial charge in [-0.05, 0) is 73.4 Å². The number of allylic oxidation sites excluding steroid dienone is 1. The maximum atomic E-state index is 13.0. The molecule has 0 aliphatic heterocycles. The van der Waals surface area contributed by atoms with Crippen LogP contribution < -0.4 is 5.32 Å². The lowest BCUT2D eigenvalue weighted by Gasteiger charge is -2.27. The summed E-state index contributed by atoms with van der Waals surface area (Å²) in [6, 6.07) is 6.92. The van der Waals surface area contributed by atoms with Gasteiger partial charge in [-0.3, -0.25) is 4.79 Å². The van der Waals surface area contributed by atoms with Crippen LogP contribution in [0.2, 0.25) is 0 Å². The van der Waals surface area contributed by atoms with Crippen molar-refractivity contribution in [3.05, 3.63) is 66.5 Å². The van der Waals surface area contributed by atoms with Crippen molar-refractivity contribution < 1.29 is 18.3 Å². The van der Waals surface area contributed by atoms with Crippen molar-refractivity contribution in [2.24, 2.45) is 11.8 Å². The van der Waals surface area contributed by atoms with Gasteiger partial charge >= 0.3 is 5.97 Å². The maximum Gasteiger partial charge on any atom is 0.308 e. The fourth-order valence-electron chi connectivity index (χ4n) is 4.38. The number of halogens is 2. The zero-order valence-corrected chi connectivity index (χ0v) is 19.7. The number of aryl methyl sites for hydroxylation is 1. The van der Waals surface area contributed by atoms with Crippen LogP contribution in [0.3, 0.4) is 0 Å². The van der Waals surface area contributed by atoms with Crippen LogP contribution >= 0.6 is 0 Å². The first-order chi connectivity index (χ1) is 16.8. The van der Waals surface area contributed by atoms with Crippen LogP contribution in [0.1, 0.15) is 49.2 Å². The number of carbonyl (C=O) groups excluding carboxylic acids is 1. The fourth-order valence-corrected chi connectivity index (χ4v) is 4.38. The molecule has 182 valence electrons. The van der Waals surface area contributed by atoms with Crippen molar-refractivity contribution in [2.75, 3.05) is 12.4 Å². The third-order valence-corrected chi connectivity index (χ3v) is 6.26. The van der Waals surface area contributed by atoms with Crippen LogP contribution in [0.25, 0.3) is 16.7 Å². The van der Waals surface area contributed by atoms with Gasteiger partial charge in [0.25, 0.3) is 6.43 Å². The number of rotatable bonds is 7. The number of nitrogens with zero attached hydrogens (tertiary/aromatic N) is 4. The average Bonchev–Trinajstić information content (AvgIpc) is 2.88. The van der Waals surface area contributed by atoms with Gasteiger partial charge in [0, 0.05) is 29.8 Å². The van der Waals surface area contributed by atoms with Gasteiger partial charge in [0.2, 0.25) is 5.95 Å². The first-order valence-electron chi connectivity index (χ1n) is 11.4. The van der Waals surface area contributed by atoms with Crippen molar-refractivity contribution in [3.8, 4) is 11.1 Å². The van der Waals surface area contributed by atoms with Crippen LogP contribution in [-0.4, -0.2) is 33.0 Å². The molecule has 1 N–H and O–H groups in total. The summed E-state index contributed by atoms with van der Waals surface area (Å²) >= 11 is 0. The Morgan fingerprint density at radius 3 is 2.40 bits per heavy atom. The van der Waals surface area contributed by atoms with Crippen molar-refractivity contribution in [1.82, 2.24) is 19.9 Å². The summed E-state index contributed by atoms with van der Waals surface area (Å²) in [5.74, 6) is 0.748. The quantitative estimate of drug-likeness (QED) is 0.421. The summed E-state index contributed by atoms with van der Waals surface area (Å²) in [5, 5.41) is 3.00. The molecule has 0 radical (unpaired) electrons. The third-order valence-electron chi connectivity index (χ3n) is 6.26. The van der Waals surface area contributed by atoms with Gasteiger partial charge in [0.05, 0.1) is 13.0 Å². The van der Waals surface area contributed by atoms with Gasteiger partial charge in [0.1, 0.15) is 5.69 Å². The predicted molar refractivity (Wildman–Crippen MR) is 129 cm³/mol. The van der Waals surface area contributed by atoms with E-state index in [9.17, 15) is 13.6 Å². The molecule has 1 aliphatic rings. The molecule has 4 rings (SSSR count). The van der Waals surface area contributed by atoms with Gasteiger partial charge in [-0.2, -0.15) is 0 Å². The van der Waals surface area contributed by atoms with Crippen molar-refractivity contribution in [3.63, 3.8) is 0 Å². The molecule has 0 unspecified atom stereocenters. The topological polar surface area (TPSA) is 89.9 Å². The zero-order valence-electron chi connectivity index (χ0n) is 19.7. The van der Waals surface area contributed by atoms with E-state index in [0.717, 1.165) is 47.9 Å². The molecule has 0 saturated heterocycles. The molecule has 1 aliphatic carbocycles. The lowest BCUT2D eigenvalue weighted by atomic mass is 9.78. The second-order valence-corrected chi connectivity index (χ2v) is 8.71. The smallest absolute Gasteiger partial charge is 0.308 e. The highest BCUT2D eigenvalue weighted by Gasteiger charge is 2.29. The molecule has 9 heteroatoms. The molecular weight excluding hydrogens is 452 g/mol. The number of alkyl halides is 2. The Morgan fingerprint density at radius 2 is 1.74 bits per heavy atom. The molecule has 1 fully saturated rings. The highest BCUT2D eigenvalue weighted by Crippen LogP contribution is 2.36. The second-order valence-electron chi connectivity index (χ2n) is 8.71. The van der Waals surface area contributed by atoms with Crippen molar-refractivity contribution >= 4 is 23.2 Å². The highest BCUT2D eigenvalue weighted by atomic mass is 19.3. The van der Waals surface area contributed by atoms with Crippen LogP contribution in [0, 0.1) is 18.8 Å². The first kappa shape index (κ1) is 24.4. The summed E-state index contributed by atoms with van der Waals surface area (Å²) in [4.78, 5) is 28.7. The Morgan fingerprint density at radius 1 is 1.06 bits per heavy atom. The molecule has 7 nitrogen and oxygen atoms in total. The normalized spacial score (nSPS) is 17.7. The second kappa shape index (κ2) is 10.7. The summed E-state index contributed by atoms with van der Waals surface area (Å²) < 4.78 is 30.8. The monoisotopic (exact) mass is 479 g/mol. The first-order valence-corrected chi connectivity index (χ1v) is 11.4. The summed E-state index contributed by atoms with van der Waals surface area (Å²) in [7, 11) is 1.43. The van der Waals surface area contributed by atoms with E-state index in [0.29, 0.717) is 11.5 Å². The number of hydrogen-bond donors (Lipinski definition) is 1. The molecule has 35 heavy (non-hydrogen) atoms. The summed E-state index contributed by atoms with van der Waals surface area (Å²) in [6.45, 7) is 6.15. The Bertz CT molecular complexity index is 1210. The zero-order chi connectivity index (χ0) is 24.9. The number of methoxy groups -OCH3 is 1. The molecule has 2 heterocycles. The Hall–Kier alpha value is -3.75. The largest absolute Gasteiger partial charge is 0.469 e. The van der Waals surface area contributed by atoms with Gasteiger partial charge in [-0.15, -0.1) is 0 Å². The lowest BCUT2D eigenvalue weighted by Crippen LogP contribution is -2.23. The van der Waals surface area contributed by atoms with Crippen LogP contribution in [0.5, 0.6) is 0 Å². The van der Waals surface area contributed by atoms with Gasteiger partial charge in [-0.1, -0.05) is 12.6 Å². The number of ether oxygens (including phenoxy) is 1. The van der Waals surface area contributed by atoms with E-state index in [4.69, 9.17) is 4.74 Å². The lowest BCUT2D eigenvalue weighted by molar-refractivity contribution is -0.146. The van der Waals surface area contributed by atoms with E-state index in [2.05, 4.69) is 31.8 Å². The minimum atomic E-state index is -2.67. The molecule has 0 atom stereocenters. The summed E-state index contributed by atoms with van der Waals surface area (Å²) in [6.07, 6.45) is 5.39. The molecule has 1 saturated carbocycles. The number of carbonyl (C=O) groups is 1. The Labute approximate surface area is 202 Å².